The highest BCUT2D eigenvalue weighted by atomic mass is 35.5. The van der Waals surface area contributed by atoms with Gasteiger partial charge in [-0.3, -0.25) is 4.79 Å². The molecule has 0 fully saturated rings. The number of carbonyl (C=O) groups is 1. The topological polar surface area (TPSA) is 58.9 Å². The lowest BCUT2D eigenvalue weighted by atomic mass is 10.0. The van der Waals surface area contributed by atoms with Crippen LogP contribution in [0.2, 0.25) is 10.0 Å². The number of rotatable bonds is 2. The third-order valence-corrected chi connectivity index (χ3v) is 3.67. The number of halogens is 2. The van der Waals surface area contributed by atoms with Gasteiger partial charge in [0.1, 0.15) is 0 Å². The van der Waals surface area contributed by atoms with Gasteiger partial charge in [0.15, 0.2) is 5.78 Å². The van der Waals surface area contributed by atoms with Gasteiger partial charge in [-0.2, -0.15) is 0 Å². The van der Waals surface area contributed by atoms with Crippen molar-refractivity contribution in [1.29, 1.82) is 0 Å². The molecule has 0 saturated carbocycles. The second kappa shape index (κ2) is 4.85. The van der Waals surface area contributed by atoms with E-state index < -0.39 is 0 Å². The first-order chi connectivity index (χ1) is 9.56. The van der Waals surface area contributed by atoms with Crippen LogP contribution in [0.5, 0.6) is 0 Å². The zero-order chi connectivity index (χ0) is 14.3. The van der Waals surface area contributed by atoms with E-state index in [9.17, 15) is 4.79 Å². The number of nitrogen functional groups attached to an aromatic ring is 1. The van der Waals surface area contributed by atoms with Crippen molar-refractivity contribution in [3.63, 3.8) is 0 Å². The largest absolute Gasteiger partial charge is 0.399 e. The fraction of sp³-hybridized carbons (Fsp3) is 0. The molecule has 2 aromatic carbocycles. The van der Waals surface area contributed by atoms with E-state index in [-0.39, 0.29) is 5.78 Å². The molecule has 0 aliphatic carbocycles. The van der Waals surface area contributed by atoms with Gasteiger partial charge in [0.05, 0.1) is 5.02 Å². The van der Waals surface area contributed by atoms with Crippen molar-refractivity contribution in [2.24, 2.45) is 0 Å². The molecule has 0 bridgehead atoms. The number of hydrogen-bond donors (Lipinski definition) is 2. The second-order valence-corrected chi connectivity index (χ2v) is 5.30. The van der Waals surface area contributed by atoms with Crippen molar-refractivity contribution in [1.82, 2.24) is 4.98 Å². The first-order valence-corrected chi connectivity index (χ1v) is 6.68. The number of carbonyl (C=O) groups excluding carboxylic acids is 1. The average molecular weight is 305 g/mol. The zero-order valence-electron chi connectivity index (χ0n) is 10.3. The van der Waals surface area contributed by atoms with Crippen LogP contribution < -0.4 is 5.73 Å². The van der Waals surface area contributed by atoms with Crippen LogP contribution >= 0.6 is 23.2 Å². The number of aromatic amines is 1. The summed E-state index contributed by atoms with van der Waals surface area (Å²) in [4.78, 5) is 15.6. The Hall–Kier alpha value is -1.97. The molecule has 0 unspecified atom stereocenters. The van der Waals surface area contributed by atoms with Crippen molar-refractivity contribution in [3.05, 3.63) is 63.8 Å². The van der Waals surface area contributed by atoms with Gasteiger partial charge in [0, 0.05) is 38.9 Å². The summed E-state index contributed by atoms with van der Waals surface area (Å²) < 4.78 is 0. The molecule has 3 rings (SSSR count). The van der Waals surface area contributed by atoms with Crippen molar-refractivity contribution in [2.75, 3.05) is 5.73 Å². The number of benzene rings is 2. The molecule has 1 heterocycles. The first-order valence-electron chi connectivity index (χ1n) is 5.92. The Bertz CT molecular complexity index is 824. The minimum Gasteiger partial charge on any atom is -0.399 e. The lowest BCUT2D eigenvalue weighted by Gasteiger charge is -2.04. The predicted molar refractivity (Wildman–Crippen MR) is 82.6 cm³/mol. The molecule has 20 heavy (non-hydrogen) atoms. The summed E-state index contributed by atoms with van der Waals surface area (Å²) in [5.74, 6) is -0.163. The van der Waals surface area contributed by atoms with Gasteiger partial charge >= 0.3 is 0 Å². The summed E-state index contributed by atoms with van der Waals surface area (Å²) in [7, 11) is 0. The minimum absolute atomic E-state index is 0.163. The summed E-state index contributed by atoms with van der Waals surface area (Å²) in [5, 5.41) is 1.69. The fourth-order valence-electron chi connectivity index (χ4n) is 2.14. The monoisotopic (exact) mass is 304 g/mol. The van der Waals surface area contributed by atoms with Crippen LogP contribution in [0.3, 0.4) is 0 Å². The van der Waals surface area contributed by atoms with Crippen LogP contribution in [0, 0.1) is 0 Å². The minimum atomic E-state index is -0.163. The molecule has 1 aromatic heterocycles. The Balaban J connectivity index is 2.15. The van der Waals surface area contributed by atoms with Crippen molar-refractivity contribution >= 4 is 45.6 Å². The van der Waals surface area contributed by atoms with Crippen LogP contribution in [-0.4, -0.2) is 10.8 Å². The standard InChI is InChI=1S/C15H10Cl2N2O/c16-8-1-4-14-11(5-8)12(7-19-14)15(20)10-3-2-9(18)6-13(10)17/h1-7,19H,18H2. The smallest absolute Gasteiger partial charge is 0.196 e. The number of hydrogen-bond acceptors (Lipinski definition) is 2. The van der Waals surface area contributed by atoms with Gasteiger partial charge in [-0.25, -0.2) is 0 Å². The van der Waals surface area contributed by atoms with Crippen LogP contribution in [-0.2, 0) is 0 Å². The number of aromatic nitrogens is 1. The summed E-state index contributed by atoms with van der Waals surface area (Å²) in [6, 6.07) is 10.2. The van der Waals surface area contributed by atoms with Gasteiger partial charge in [0.25, 0.3) is 0 Å². The fourth-order valence-corrected chi connectivity index (χ4v) is 2.59. The summed E-state index contributed by atoms with van der Waals surface area (Å²) in [6.07, 6.45) is 1.66. The van der Waals surface area contributed by atoms with Gasteiger partial charge in [-0.1, -0.05) is 23.2 Å². The third kappa shape index (κ3) is 2.15. The Morgan fingerprint density at radius 1 is 1.05 bits per heavy atom. The molecule has 3 aromatic rings. The number of anilines is 1. The van der Waals surface area contributed by atoms with Gasteiger partial charge in [-0.15, -0.1) is 0 Å². The van der Waals surface area contributed by atoms with Crippen molar-refractivity contribution < 1.29 is 4.79 Å². The van der Waals surface area contributed by atoms with E-state index in [0.29, 0.717) is 26.9 Å². The first kappa shape index (κ1) is 13.0. The number of ketones is 1. The average Bonchev–Trinajstić information content (AvgIpc) is 2.81. The Labute approximate surface area is 125 Å². The molecule has 3 N–H and O–H groups in total. The molecular formula is C15H10Cl2N2O. The number of nitrogens with two attached hydrogens (primary N) is 1. The van der Waals surface area contributed by atoms with E-state index in [1.54, 1.807) is 36.5 Å². The summed E-state index contributed by atoms with van der Waals surface area (Å²) in [6.45, 7) is 0. The molecule has 100 valence electrons. The molecular weight excluding hydrogens is 295 g/mol. The molecule has 0 amide bonds. The highest BCUT2D eigenvalue weighted by molar-refractivity contribution is 6.36. The molecule has 0 radical (unpaired) electrons. The van der Waals surface area contributed by atoms with Crippen LogP contribution in [0.4, 0.5) is 5.69 Å². The van der Waals surface area contributed by atoms with Crippen LogP contribution in [0.1, 0.15) is 15.9 Å². The molecule has 0 atom stereocenters. The Morgan fingerprint density at radius 2 is 1.85 bits per heavy atom. The van der Waals surface area contributed by atoms with E-state index >= 15 is 0 Å². The SMILES string of the molecule is Nc1ccc(C(=O)c2c[nH]c3ccc(Cl)cc23)c(Cl)c1. The van der Waals surface area contributed by atoms with E-state index in [0.717, 1.165) is 10.9 Å². The lowest BCUT2D eigenvalue weighted by molar-refractivity contribution is 0.104. The molecule has 0 spiro atoms. The van der Waals surface area contributed by atoms with E-state index in [2.05, 4.69) is 4.98 Å². The maximum absolute atomic E-state index is 12.6. The van der Waals surface area contributed by atoms with Gasteiger partial charge < -0.3 is 10.7 Å². The molecule has 3 nitrogen and oxygen atoms in total. The second-order valence-electron chi connectivity index (χ2n) is 4.46. The molecule has 0 aliphatic heterocycles. The molecule has 0 aliphatic rings. The third-order valence-electron chi connectivity index (χ3n) is 3.13. The highest BCUT2D eigenvalue weighted by Gasteiger charge is 2.17. The maximum atomic E-state index is 12.6. The van der Waals surface area contributed by atoms with E-state index in [1.165, 1.54) is 0 Å². The number of fused-ring (bicyclic) bond motifs is 1. The highest BCUT2D eigenvalue weighted by Crippen LogP contribution is 2.27. The Morgan fingerprint density at radius 3 is 2.60 bits per heavy atom. The Kier molecular flexibility index (Phi) is 3.16. The molecule has 5 heteroatoms. The quantitative estimate of drug-likeness (QED) is 0.548. The lowest BCUT2D eigenvalue weighted by Crippen LogP contribution is -2.02. The van der Waals surface area contributed by atoms with Crippen LogP contribution in [0.25, 0.3) is 10.9 Å². The zero-order valence-corrected chi connectivity index (χ0v) is 11.8. The summed E-state index contributed by atoms with van der Waals surface area (Å²) >= 11 is 12.1. The maximum Gasteiger partial charge on any atom is 0.196 e. The van der Waals surface area contributed by atoms with Crippen LogP contribution in [0.15, 0.2) is 42.6 Å². The summed E-state index contributed by atoms with van der Waals surface area (Å²) in [5.41, 5.74) is 7.96. The predicted octanol–water partition coefficient (Wildman–Crippen LogP) is 4.29. The normalized spacial score (nSPS) is 10.9. The van der Waals surface area contributed by atoms with Crippen molar-refractivity contribution in [3.8, 4) is 0 Å². The van der Waals surface area contributed by atoms with Crippen molar-refractivity contribution in [2.45, 2.75) is 0 Å². The molecule has 0 saturated heterocycles. The number of nitrogens with one attached hydrogen (secondary N) is 1. The van der Waals surface area contributed by atoms with E-state index in [1.807, 2.05) is 6.07 Å². The van der Waals surface area contributed by atoms with Gasteiger partial charge in [-0.05, 0) is 36.4 Å². The number of H-pyrrole nitrogens is 1. The van der Waals surface area contributed by atoms with E-state index in [4.69, 9.17) is 28.9 Å². The van der Waals surface area contributed by atoms with Gasteiger partial charge in [0.2, 0.25) is 0 Å².